The maximum absolute atomic E-state index is 12.6. The van der Waals surface area contributed by atoms with Gasteiger partial charge in [0.1, 0.15) is 16.5 Å². The summed E-state index contributed by atoms with van der Waals surface area (Å²) in [6.45, 7) is 0. The Hall–Kier alpha value is -1.87. The number of nitrogens with two attached hydrogens (primary N) is 1. The van der Waals surface area contributed by atoms with E-state index in [0.717, 1.165) is 12.1 Å². The van der Waals surface area contributed by atoms with Crippen molar-refractivity contribution in [2.75, 3.05) is 5.43 Å². The highest BCUT2D eigenvalue weighted by Gasteiger charge is 2.30. The summed E-state index contributed by atoms with van der Waals surface area (Å²) >= 11 is 3.14. The molecule has 1 aromatic heterocycles. The first-order valence-electron chi connectivity index (χ1n) is 5.24. The van der Waals surface area contributed by atoms with Gasteiger partial charge in [-0.3, -0.25) is 0 Å². The lowest BCUT2D eigenvalue weighted by Crippen LogP contribution is -2.10. The fraction of sp³-hybridized carbons (Fsp3) is 0.0909. The van der Waals surface area contributed by atoms with Crippen LogP contribution in [0.15, 0.2) is 35.1 Å². The molecule has 0 spiro atoms. The van der Waals surface area contributed by atoms with Crippen molar-refractivity contribution < 1.29 is 17.9 Å². The summed E-state index contributed by atoms with van der Waals surface area (Å²) in [6, 6.07) is 4.47. The molecule has 5 nitrogen and oxygen atoms in total. The van der Waals surface area contributed by atoms with Gasteiger partial charge < -0.3 is 10.2 Å². The van der Waals surface area contributed by atoms with Crippen molar-refractivity contribution in [3.63, 3.8) is 0 Å². The van der Waals surface area contributed by atoms with Crippen LogP contribution in [0.2, 0.25) is 0 Å². The average molecular weight is 349 g/mol. The number of nitrogen functional groups attached to an aromatic ring is 1. The van der Waals surface area contributed by atoms with Crippen LogP contribution in [0.1, 0.15) is 5.56 Å². The Labute approximate surface area is 120 Å². The van der Waals surface area contributed by atoms with Crippen molar-refractivity contribution in [3.05, 3.63) is 40.6 Å². The Morgan fingerprint density at radius 1 is 1.25 bits per heavy atom. The van der Waals surface area contributed by atoms with Crippen molar-refractivity contribution in [3.8, 4) is 11.6 Å². The van der Waals surface area contributed by atoms with Crippen molar-refractivity contribution in [2.24, 2.45) is 5.84 Å². The quantitative estimate of drug-likeness (QED) is 0.657. The van der Waals surface area contributed by atoms with Crippen LogP contribution in [0.25, 0.3) is 0 Å². The fourth-order valence-corrected chi connectivity index (χ4v) is 1.77. The van der Waals surface area contributed by atoms with Crippen molar-refractivity contribution >= 4 is 21.7 Å². The van der Waals surface area contributed by atoms with E-state index in [-0.39, 0.29) is 17.4 Å². The maximum Gasteiger partial charge on any atom is 0.416 e. The smallest absolute Gasteiger partial charge is 0.416 e. The molecule has 106 valence electrons. The van der Waals surface area contributed by atoms with E-state index >= 15 is 0 Å². The first kappa shape index (κ1) is 14.5. The molecule has 0 amide bonds. The van der Waals surface area contributed by atoms with Crippen LogP contribution >= 0.6 is 15.9 Å². The van der Waals surface area contributed by atoms with Gasteiger partial charge in [-0.05, 0) is 34.1 Å². The SMILES string of the molecule is NNc1ncnc(Oc2cccc(C(F)(F)F)c2)c1Br. The van der Waals surface area contributed by atoms with Gasteiger partial charge >= 0.3 is 6.18 Å². The number of hydrogen-bond acceptors (Lipinski definition) is 5. The molecule has 0 aliphatic heterocycles. The molecule has 20 heavy (non-hydrogen) atoms. The second kappa shape index (κ2) is 5.63. The standard InChI is InChI=1S/C11H8BrF3N4O/c12-8-9(19-16)17-5-18-10(8)20-7-3-1-2-6(4-7)11(13,14)15/h1-5H,16H2,(H,17,18,19). The number of ether oxygens (including phenoxy) is 1. The molecule has 1 aromatic carbocycles. The number of hydrazine groups is 1. The van der Waals surface area contributed by atoms with E-state index in [1.807, 2.05) is 0 Å². The molecule has 1 heterocycles. The monoisotopic (exact) mass is 348 g/mol. The molecule has 0 aliphatic carbocycles. The van der Waals surface area contributed by atoms with Gasteiger partial charge in [-0.15, -0.1) is 0 Å². The average Bonchev–Trinajstić information content (AvgIpc) is 2.40. The number of nitrogens with one attached hydrogen (secondary N) is 1. The third kappa shape index (κ3) is 3.17. The van der Waals surface area contributed by atoms with E-state index < -0.39 is 11.7 Å². The van der Waals surface area contributed by atoms with Crippen LogP contribution in [-0.4, -0.2) is 9.97 Å². The van der Waals surface area contributed by atoms with E-state index in [9.17, 15) is 13.2 Å². The predicted molar refractivity (Wildman–Crippen MR) is 69.1 cm³/mol. The van der Waals surface area contributed by atoms with Gasteiger partial charge in [0.2, 0.25) is 5.88 Å². The lowest BCUT2D eigenvalue weighted by molar-refractivity contribution is -0.137. The Morgan fingerprint density at radius 2 is 2.00 bits per heavy atom. The summed E-state index contributed by atoms with van der Waals surface area (Å²) in [7, 11) is 0. The number of hydrogen-bond donors (Lipinski definition) is 2. The summed E-state index contributed by atoms with van der Waals surface area (Å²) in [6.07, 6.45) is -3.27. The van der Waals surface area contributed by atoms with Crippen molar-refractivity contribution in [2.45, 2.75) is 6.18 Å². The molecule has 0 bridgehead atoms. The van der Waals surface area contributed by atoms with E-state index in [4.69, 9.17) is 10.6 Å². The number of halogens is 4. The summed E-state index contributed by atoms with van der Waals surface area (Å²) in [5.74, 6) is 5.52. The summed E-state index contributed by atoms with van der Waals surface area (Å²) in [5.41, 5.74) is 1.49. The first-order chi connectivity index (χ1) is 9.41. The minimum absolute atomic E-state index is 0.00203. The largest absolute Gasteiger partial charge is 0.438 e. The van der Waals surface area contributed by atoms with Gasteiger partial charge in [0.25, 0.3) is 0 Å². The second-order valence-electron chi connectivity index (χ2n) is 3.61. The number of alkyl halides is 3. The highest BCUT2D eigenvalue weighted by molar-refractivity contribution is 9.10. The topological polar surface area (TPSA) is 73.1 Å². The third-order valence-electron chi connectivity index (χ3n) is 2.27. The number of rotatable bonds is 3. The normalized spacial score (nSPS) is 11.2. The minimum atomic E-state index is -4.44. The zero-order chi connectivity index (χ0) is 14.8. The molecule has 0 saturated heterocycles. The third-order valence-corrected chi connectivity index (χ3v) is 2.98. The zero-order valence-corrected chi connectivity index (χ0v) is 11.4. The van der Waals surface area contributed by atoms with Gasteiger partial charge in [-0.25, -0.2) is 15.8 Å². The Bertz CT molecular complexity index is 621. The van der Waals surface area contributed by atoms with Gasteiger partial charge in [-0.2, -0.15) is 13.2 Å². The van der Waals surface area contributed by atoms with Crippen molar-refractivity contribution in [1.29, 1.82) is 0 Å². The van der Waals surface area contributed by atoms with E-state index in [1.165, 1.54) is 18.5 Å². The molecule has 0 aliphatic rings. The van der Waals surface area contributed by atoms with Crippen LogP contribution in [0.3, 0.4) is 0 Å². The van der Waals surface area contributed by atoms with Gasteiger partial charge in [0, 0.05) is 0 Å². The predicted octanol–water partition coefficient (Wildman–Crippen LogP) is 3.34. The molecule has 0 fully saturated rings. The van der Waals surface area contributed by atoms with Crippen LogP contribution in [-0.2, 0) is 6.18 Å². The van der Waals surface area contributed by atoms with Gasteiger partial charge in [0.15, 0.2) is 5.82 Å². The molecule has 0 unspecified atom stereocenters. The summed E-state index contributed by atoms with van der Waals surface area (Å²) in [4.78, 5) is 7.62. The Morgan fingerprint density at radius 3 is 2.65 bits per heavy atom. The summed E-state index contributed by atoms with van der Waals surface area (Å²) < 4.78 is 43.4. The van der Waals surface area contributed by atoms with Crippen LogP contribution in [0, 0.1) is 0 Å². The van der Waals surface area contributed by atoms with Crippen LogP contribution in [0.5, 0.6) is 11.6 Å². The molecule has 2 aromatic rings. The van der Waals surface area contributed by atoms with E-state index in [1.54, 1.807) is 0 Å². The number of benzene rings is 1. The lowest BCUT2D eigenvalue weighted by Gasteiger charge is -2.11. The van der Waals surface area contributed by atoms with E-state index in [0.29, 0.717) is 4.47 Å². The molecule has 2 rings (SSSR count). The lowest BCUT2D eigenvalue weighted by atomic mass is 10.2. The molecule has 0 saturated carbocycles. The Kier molecular flexibility index (Phi) is 4.09. The zero-order valence-electron chi connectivity index (χ0n) is 9.78. The first-order valence-corrected chi connectivity index (χ1v) is 6.03. The highest BCUT2D eigenvalue weighted by atomic mass is 79.9. The number of anilines is 1. The number of aromatic nitrogens is 2. The molecule has 3 N–H and O–H groups in total. The van der Waals surface area contributed by atoms with E-state index in [2.05, 4.69) is 31.3 Å². The van der Waals surface area contributed by atoms with Gasteiger partial charge in [0.05, 0.1) is 5.56 Å². The van der Waals surface area contributed by atoms with Gasteiger partial charge in [-0.1, -0.05) is 6.07 Å². The van der Waals surface area contributed by atoms with Crippen molar-refractivity contribution in [1.82, 2.24) is 9.97 Å². The number of nitrogens with zero attached hydrogens (tertiary/aromatic N) is 2. The maximum atomic E-state index is 12.6. The summed E-state index contributed by atoms with van der Waals surface area (Å²) in [5, 5.41) is 0. The molecule has 9 heteroatoms. The Balaban J connectivity index is 2.31. The molecular formula is C11H8BrF3N4O. The second-order valence-corrected chi connectivity index (χ2v) is 4.41. The highest BCUT2D eigenvalue weighted by Crippen LogP contribution is 2.35. The molecule has 0 radical (unpaired) electrons. The molecule has 0 atom stereocenters. The van der Waals surface area contributed by atoms with Crippen LogP contribution in [0.4, 0.5) is 19.0 Å². The minimum Gasteiger partial charge on any atom is -0.438 e. The van der Waals surface area contributed by atoms with Crippen LogP contribution < -0.4 is 16.0 Å². The fourth-order valence-electron chi connectivity index (χ4n) is 1.37. The molecular weight excluding hydrogens is 341 g/mol.